The molecule has 3 saturated heterocycles. The van der Waals surface area contributed by atoms with Crippen molar-refractivity contribution in [2.24, 2.45) is 5.92 Å². The monoisotopic (exact) mass is 325 g/mol. The zero-order valence-electron chi connectivity index (χ0n) is 13.1. The van der Waals surface area contributed by atoms with Gasteiger partial charge in [0.15, 0.2) is 0 Å². The number of benzene rings is 1. The Kier molecular flexibility index (Phi) is 3.68. The van der Waals surface area contributed by atoms with Crippen LogP contribution in [0.2, 0.25) is 0 Å². The SMILES string of the molecule is Cc1nsc(-c2ccc(C#CC3(O)CN4CCC3CC4)cc2)n1. The van der Waals surface area contributed by atoms with Crippen molar-refractivity contribution in [1.29, 1.82) is 0 Å². The predicted molar refractivity (Wildman–Crippen MR) is 91.1 cm³/mol. The second kappa shape index (κ2) is 5.72. The molecule has 0 amide bonds. The Morgan fingerprint density at radius 2 is 2.00 bits per heavy atom. The molecule has 118 valence electrons. The number of fused-ring (bicyclic) bond motifs is 3. The van der Waals surface area contributed by atoms with Crippen LogP contribution in [0.25, 0.3) is 10.6 Å². The van der Waals surface area contributed by atoms with Crippen LogP contribution < -0.4 is 0 Å². The lowest BCUT2D eigenvalue weighted by molar-refractivity contribution is -0.0713. The summed E-state index contributed by atoms with van der Waals surface area (Å²) >= 11 is 1.41. The molecule has 2 bridgehead atoms. The first-order valence-electron chi connectivity index (χ1n) is 8.01. The van der Waals surface area contributed by atoms with Gasteiger partial charge in [-0.2, -0.15) is 4.37 Å². The minimum Gasteiger partial charge on any atom is -0.376 e. The molecule has 4 heterocycles. The molecule has 3 fully saturated rings. The first-order chi connectivity index (χ1) is 11.1. The standard InChI is InChI=1S/C18H19N3OS/c1-13-19-17(23-20-13)15-4-2-14(3-5-15)6-9-18(22)12-21-10-7-16(18)8-11-21/h2-5,16,22H,7-8,10-12H2,1H3. The van der Waals surface area contributed by atoms with Crippen molar-refractivity contribution in [3.8, 4) is 22.4 Å². The van der Waals surface area contributed by atoms with E-state index >= 15 is 0 Å². The molecule has 1 aromatic carbocycles. The molecule has 0 spiro atoms. The molecule has 0 aliphatic carbocycles. The van der Waals surface area contributed by atoms with Crippen LogP contribution in [0.3, 0.4) is 0 Å². The van der Waals surface area contributed by atoms with Crippen molar-refractivity contribution in [3.63, 3.8) is 0 Å². The minimum absolute atomic E-state index is 0.323. The lowest BCUT2D eigenvalue weighted by atomic mass is 9.76. The van der Waals surface area contributed by atoms with E-state index in [0.29, 0.717) is 12.5 Å². The van der Waals surface area contributed by atoms with E-state index in [2.05, 4.69) is 26.1 Å². The minimum atomic E-state index is -0.842. The summed E-state index contributed by atoms with van der Waals surface area (Å²) in [7, 11) is 0. The summed E-state index contributed by atoms with van der Waals surface area (Å²) in [5.74, 6) is 7.44. The van der Waals surface area contributed by atoms with Gasteiger partial charge in [-0.25, -0.2) is 4.98 Å². The van der Waals surface area contributed by atoms with Crippen molar-refractivity contribution in [3.05, 3.63) is 35.7 Å². The number of aromatic nitrogens is 2. The van der Waals surface area contributed by atoms with E-state index in [-0.39, 0.29) is 0 Å². The van der Waals surface area contributed by atoms with Crippen LogP contribution in [-0.4, -0.2) is 44.6 Å². The van der Waals surface area contributed by atoms with Gasteiger partial charge in [-0.3, -0.25) is 4.90 Å². The topological polar surface area (TPSA) is 49.3 Å². The molecule has 3 aliphatic rings. The van der Waals surface area contributed by atoms with Crippen molar-refractivity contribution >= 4 is 11.5 Å². The fourth-order valence-electron chi connectivity index (χ4n) is 3.47. The number of hydrogen-bond donors (Lipinski definition) is 1. The molecule has 0 radical (unpaired) electrons. The van der Waals surface area contributed by atoms with Gasteiger partial charge in [0.2, 0.25) is 0 Å². The van der Waals surface area contributed by atoms with Gasteiger partial charge in [0.05, 0.1) is 0 Å². The van der Waals surface area contributed by atoms with Gasteiger partial charge >= 0.3 is 0 Å². The summed E-state index contributed by atoms with van der Waals surface area (Å²) in [6.07, 6.45) is 2.11. The Balaban J connectivity index is 1.54. The van der Waals surface area contributed by atoms with Gasteiger partial charge < -0.3 is 5.11 Å². The third-order valence-electron chi connectivity index (χ3n) is 4.81. The number of aliphatic hydroxyl groups is 1. The smallest absolute Gasteiger partial charge is 0.144 e. The average molecular weight is 325 g/mol. The molecular formula is C18H19N3OS. The maximum absolute atomic E-state index is 10.8. The summed E-state index contributed by atoms with van der Waals surface area (Å²) in [6.45, 7) is 4.79. The highest BCUT2D eigenvalue weighted by Gasteiger charge is 2.44. The van der Waals surface area contributed by atoms with Crippen LogP contribution in [0.5, 0.6) is 0 Å². The quantitative estimate of drug-likeness (QED) is 0.818. The van der Waals surface area contributed by atoms with Crippen molar-refractivity contribution in [2.75, 3.05) is 19.6 Å². The van der Waals surface area contributed by atoms with Gasteiger partial charge in [0.1, 0.15) is 16.4 Å². The Morgan fingerprint density at radius 1 is 1.26 bits per heavy atom. The van der Waals surface area contributed by atoms with Crippen LogP contribution in [0.4, 0.5) is 0 Å². The van der Waals surface area contributed by atoms with Crippen LogP contribution >= 0.6 is 11.5 Å². The zero-order chi connectivity index (χ0) is 15.9. The summed E-state index contributed by atoms with van der Waals surface area (Å²) in [6, 6.07) is 8.02. The molecule has 3 aliphatic heterocycles. The first-order valence-corrected chi connectivity index (χ1v) is 8.78. The van der Waals surface area contributed by atoms with E-state index in [4.69, 9.17) is 0 Å². The number of rotatable bonds is 1. The third kappa shape index (κ3) is 2.90. The van der Waals surface area contributed by atoms with Crippen molar-refractivity contribution in [2.45, 2.75) is 25.4 Å². The third-order valence-corrected chi connectivity index (χ3v) is 5.67. The number of aryl methyl sites for hydroxylation is 1. The zero-order valence-corrected chi connectivity index (χ0v) is 13.9. The molecule has 2 aromatic rings. The highest BCUT2D eigenvalue weighted by Crippen LogP contribution is 2.35. The fourth-order valence-corrected chi connectivity index (χ4v) is 4.14. The molecule has 0 saturated carbocycles. The fraction of sp³-hybridized carbons (Fsp3) is 0.444. The normalized spacial score (nSPS) is 29.1. The van der Waals surface area contributed by atoms with Crippen molar-refractivity contribution in [1.82, 2.24) is 14.3 Å². The summed E-state index contributed by atoms with van der Waals surface area (Å²) < 4.78 is 4.21. The molecule has 4 nitrogen and oxygen atoms in total. The van der Waals surface area contributed by atoms with Gasteiger partial charge in [-0.05, 0) is 56.5 Å². The van der Waals surface area contributed by atoms with Gasteiger partial charge in [0, 0.05) is 23.6 Å². The van der Waals surface area contributed by atoms with Crippen LogP contribution in [0.15, 0.2) is 24.3 Å². The average Bonchev–Trinajstić information content (AvgIpc) is 3.01. The molecule has 1 aromatic heterocycles. The second-order valence-electron chi connectivity index (χ2n) is 6.45. The van der Waals surface area contributed by atoms with Crippen molar-refractivity contribution < 1.29 is 5.11 Å². The molecule has 5 heteroatoms. The van der Waals surface area contributed by atoms with E-state index in [1.54, 1.807) is 0 Å². The Labute approximate surface area is 140 Å². The number of piperidine rings is 3. The van der Waals surface area contributed by atoms with E-state index in [0.717, 1.165) is 47.9 Å². The summed E-state index contributed by atoms with van der Waals surface area (Å²) in [5.41, 5.74) is 1.15. The predicted octanol–water partition coefficient (Wildman–Crippen LogP) is 2.32. The van der Waals surface area contributed by atoms with Gasteiger partial charge in [-0.15, -0.1) is 0 Å². The summed E-state index contributed by atoms with van der Waals surface area (Å²) in [4.78, 5) is 6.71. The second-order valence-corrected chi connectivity index (χ2v) is 7.20. The lowest BCUT2D eigenvalue weighted by Crippen LogP contribution is -2.58. The van der Waals surface area contributed by atoms with Crippen LogP contribution in [0.1, 0.15) is 24.2 Å². The molecule has 23 heavy (non-hydrogen) atoms. The molecule has 1 unspecified atom stereocenters. The van der Waals surface area contributed by atoms with E-state index in [9.17, 15) is 5.11 Å². The molecule has 1 atom stereocenters. The molecular weight excluding hydrogens is 306 g/mol. The van der Waals surface area contributed by atoms with Gasteiger partial charge in [0.25, 0.3) is 0 Å². The highest BCUT2D eigenvalue weighted by molar-refractivity contribution is 7.09. The van der Waals surface area contributed by atoms with E-state index < -0.39 is 5.60 Å². The van der Waals surface area contributed by atoms with Crippen LogP contribution in [0, 0.1) is 24.7 Å². The maximum Gasteiger partial charge on any atom is 0.144 e. The molecule has 5 rings (SSSR count). The lowest BCUT2D eigenvalue weighted by Gasteiger charge is -2.47. The highest BCUT2D eigenvalue weighted by atomic mass is 32.1. The Hall–Kier alpha value is -1.74. The number of hydrogen-bond acceptors (Lipinski definition) is 5. The maximum atomic E-state index is 10.8. The van der Waals surface area contributed by atoms with E-state index in [1.165, 1.54) is 11.5 Å². The molecule has 1 N–H and O–H groups in total. The van der Waals surface area contributed by atoms with Crippen LogP contribution in [-0.2, 0) is 0 Å². The van der Waals surface area contributed by atoms with Gasteiger partial charge in [-0.1, -0.05) is 24.0 Å². The number of nitrogens with zero attached hydrogens (tertiary/aromatic N) is 3. The largest absolute Gasteiger partial charge is 0.376 e. The Bertz CT molecular complexity index is 766. The Morgan fingerprint density at radius 3 is 2.57 bits per heavy atom. The summed E-state index contributed by atoms with van der Waals surface area (Å²) in [5, 5.41) is 11.8. The first kappa shape index (κ1) is 14.8. The van der Waals surface area contributed by atoms with E-state index in [1.807, 2.05) is 31.2 Å².